The molecule has 6 rings (SSSR count). The fourth-order valence-electron chi connectivity index (χ4n) is 4.96. The van der Waals surface area contributed by atoms with E-state index in [2.05, 4.69) is 30.5 Å². The van der Waals surface area contributed by atoms with E-state index >= 15 is 0 Å². The maximum Gasteiger partial charge on any atom is 0.329 e. The minimum atomic E-state index is -0.623. The molecular formula is C26H29N7O5S. The van der Waals surface area contributed by atoms with Gasteiger partial charge in [-0.2, -0.15) is 0 Å². The maximum absolute atomic E-state index is 13.6. The zero-order chi connectivity index (χ0) is 27.0. The predicted molar refractivity (Wildman–Crippen MR) is 144 cm³/mol. The van der Waals surface area contributed by atoms with Crippen molar-refractivity contribution in [2.75, 3.05) is 41.4 Å². The molecule has 3 aromatic heterocycles. The van der Waals surface area contributed by atoms with Gasteiger partial charge in [-0.15, -0.1) is 11.3 Å². The second kappa shape index (κ2) is 10.4. The molecule has 0 radical (unpaired) electrons. The smallest absolute Gasteiger partial charge is 0.329 e. The molecule has 39 heavy (non-hydrogen) atoms. The number of amides is 3. The van der Waals surface area contributed by atoms with E-state index in [4.69, 9.17) is 14.2 Å². The molecule has 3 aliphatic rings. The van der Waals surface area contributed by atoms with Crippen LogP contribution in [0.1, 0.15) is 35.8 Å². The zero-order valence-corrected chi connectivity index (χ0v) is 22.4. The minimum Gasteiger partial charge on any atom is -0.491 e. The molecule has 2 N–H and O–H groups in total. The molecule has 0 aromatic carbocycles. The number of aromatic nitrogens is 3. The van der Waals surface area contributed by atoms with Crippen molar-refractivity contribution in [3.63, 3.8) is 0 Å². The van der Waals surface area contributed by atoms with Crippen LogP contribution in [0, 0.1) is 0 Å². The monoisotopic (exact) mass is 551 g/mol. The number of ether oxygens (including phenoxy) is 3. The fourth-order valence-corrected chi connectivity index (χ4v) is 5.51. The molecule has 2 fully saturated rings. The molecule has 2 bridgehead atoms. The van der Waals surface area contributed by atoms with Crippen LogP contribution in [-0.4, -0.2) is 71.1 Å². The van der Waals surface area contributed by atoms with Crippen molar-refractivity contribution in [3.05, 3.63) is 52.7 Å². The highest BCUT2D eigenvalue weighted by Crippen LogP contribution is 2.39. The van der Waals surface area contributed by atoms with E-state index in [9.17, 15) is 9.59 Å². The lowest BCUT2D eigenvalue weighted by molar-refractivity contribution is -0.141. The topological polar surface area (TPSA) is 131 Å². The second-order valence-corrected chi connectivity index (χ2v) is 11.0. The average molecular weight is 552 g/mol. The minimum absolute atomic E-state index is 0.0686. The highest BCUT2D eigenvalue weighted by atomic mass is 32.1. The predicted octanol–water partition coefficient (Wildman–Crippen LogP) is 3.02. The van der Waals surface area contributed by atoms with Gasteiger partial charge in [-0.25, -0.2) is 19.7 Å². The number of carbonyl (C=O) groups excluding carboxylic acids is 2. The summed E-state index contributed by atoms with van der Waals surface area (Å²) in [6.07, 6.45) is 3.89. The highest BCUT2D eigenvalue weighted by molar-refractivity contribution is 7.09. The number of anilines is 3. The van der Waals surface area contributed by atoms with Gasteiger partial charge in [0.1, 0.15) is 35.0 Å². The van der Waals surface area contributed by atoms with Crippen LogP contribution in [0.5, 0.6) is 5.75 Å². The van der Waals surface area contributed by atoms with E-state index in [0.29, 0.717) is 43.7 Å². The van der Waals surface area contributed by atoms with Gasteiger partial charge in [0.15, 0.2) is 11.6 Å². The van der Waals surface area contributed by atoms with Crippen molar-refractivity contribution in [1.29, 1.82) is 0 Å². The quantitative estimate of drug-likeness (QED) is 0.455. The van der Waals surface area contributed by atoms with E-state index < -0.39 is 5.79 Å². The lowest BCUT2D eigenvalue weighted by Crippen LogP contribution is -2.48. The first-order valence-corrected chi connectivity index (χ1v) is 13.7. The molecule has 3 amide bonds. The number of thiazole rings is 1. The van der Waals surface area contributed by atoms with Crippen LogP contribution >= 0.6 is 11.3 Å². The Bertz CT molecular complexity index is 1370. The van der Waals surface area contributed by atoms with E-state index in [0.717, 1.165) is 23.7 Å². The van der Waals surface area contributed by atoms with Crippen molar-refractivity contribution in [2.24, 2.45) is 0 Å². The SMILES string of the molecule is CC1(C)OC[C@H](COc2ccnc(NC(=O)N3c4nc(C(=O)NCc5nccs5)ccc4N4CCC3C4)c2)O1. The van der Waals surface area contributed by atoms with Crippen LogP contribution in [0.15, 0.2) is 42.0 Å². The largest absolute Gasteiger partial charge is 0.491 e. The summed E-state index contributed by atoms with van der Waals surface area (Å²) in [5.41, 5.74) is 1.06. The molecule has 0 saturated carbocycles. The third-order valence-electron chi connectivity index (χ3n) is 6.76. The average Bonchev–Trinajstić information content (AvgIpc) is 3.67. The third-order valence-corrected chi connectivity index (χ3v) is 7.54. The fraction of sp³-hybridized carbons (Fsp3) is 0.423. The van der Waals surface area contributed by atoms with Gasteiger partial charge in [-0.3, -0.25) is 15.0 Å². The molecule has 12 nitrogen and oxygen atoms in total. The standard InChI is InChI=1S/C26H29N7O5S/c1-26(2)37-15-18(38-26)14-36-17-5-7-27-21(11-17)31-25(35)33-16-6-9-32(13-16)20-4-3-19(30-23(20)33)24(34)29-12-22-28-8-10-39-22/h3-5,7-8,10-11,16,18H,6,9,12-15H2,1-2H3,(H,29,34)(H,27,31,35)/t16?,18-/m0/s1. The molecule has 3 aromatic rings. The first kappa shape index (κ1) is 25.5. The number of nitrogens with zero attached hydrogens (tertiary/aromatic N) is 5. The van der Waals surface area contributed by atoms with Crippen molar-refractivity contribution >= 4 is 40.6 Å². The Balaban J connectivity index is 1.16. The van der Waals surface area contributed by atoms with Gasteiger partial charge in [-0.05, 0) is 38.5 Å². The van der Waals surface area contributed by atoms with Crippen LogP contribution in [0.3, 0.4) is 0 Å². The van der Waals surface area contributed by atoms with Crippen LogP contribution in [0.25, 0.3) is 0 Å². The van der Waals surface area contributed by atoms with Gasteiger partial charge in [-0.1, -0.05) is 0 Å². The lowest BCUT2D eigenvalue weighted by atomic mass is 10.1. The van der Waals surface area contributed by atoms with Crippen molar-refractivity contribution in [3.8, 4) is 5.75 Å². The summed E-state index contributed by atoms with van der Waals surface area (Å²) in [7, 11) is 0. The Hall–Kier alpha value is -3.81. The van der Waals surface area contributed by atoms with Gasteiger partial charge in [0.05, 0.1) is 24.9 Å². The van der Waals surface area contributed by atoms with E-state index in [-0.39, 0.29) is 29.8 Å². The molecule has 2 saturated heterocycles. The first-order valence-electron chi connectivity index (χ1n) is 12.8. The van der Waals surface area contributed by atoms with Gasteiger partial charge in [0, 0.05) is 36.9 Å². The van der Waals surface area contributed by atoms with Crippen LogP contribution < -0.4 is 25.2 Å². The molecule has 204 valence electrons. The summed E-state index contributed by atoms with van der Waals surface area (Å²) in [5, 5.41) is 8.39. The Morgan fingerprint density at radius 3 is 2.92 bits per heavy atom. The first-order chi connectivity index (χ1) is 18.8. The Morgan fingerprint density at radius 2 is 2.13 bits per heavy atom. The molecule has 2 atom stereocenters. The number of hydrogen-bond donors (Lipinski definition) is 2. The molecule has 6 heterocycles. The molecule has 0 aliphatic carbocycles. The Kier molecular flexibility index (Phi) is 6.79. The number of hydrogen-bond acceptors (Lipinski definition) is 10. The summed E-state index contributed by atoms with van der Waals surface area (Å²) in [6.45, 7) is 6.32. The van der Waals surface area contributed by atoms with Crippen LogP contribution in [0.4, 0.5) is 22.1 Å². The number of carbonyl (C=O) groups is 2. The summed E-state index contributed by atoms with van der Waals surface area (Å²) in [5.74, 6) is 0.407. The number of pyridine rings is 2. The lowest BCUT2D eigenvalue weighted by Gasteiger charge is -2.35. The molecule has 13 heteroatoms. The summed E-state index contributed by atoms with van der Waals surface area (Å²) < 4.78 is 17.2. The summed E-state index contributed by atoms with van der Waals surface area (Å²) in [4.78, 5) is 43.3. The molecule has 3 aliphatic heterocycles. The Labute approximate surface area is 229 Å². The van der Waals surface area contributed by atoms with E-state index in [1.54, 1.807) is 35.5 Å². The number of fused-ring (bicyclic) bond motifs is 4. The zero-order valence-electron chi connectivity index (χ0n) is 21.6. The van der Waals surface area contributed by atoms with Crippen molar-refractivity contribution in [2.45, 2.75) is 44.7 Å². The normalized spacial score (nSPS) is 21.0. The third kappa shape index (κ3) is 5.51. The van der Waals surface area contributed by atoms with Crippen LogP contribution in [-0.2, 0) is 16.0 Å². The molecule has 1 unspecified atom stereocenters. The van der Waals surface area contributed by atoms with E-state index in [1.807, 2.05) is 25.3 Å². The molecule has 0 spiro atoms. The van der Waals surface area contributed by atoms with Crippen molar-refractivity contribution in [1.82, 2.24) is 20.3 Å². The van der Waals surface area contributed by atoms with Crippen molar-refractivity contribution < 1.29 is 23.8 Å². The van der Waals surface area contributed by atoms with Gasteiger partial charge in [0.2, 0.25) is 0 Å². The van der Waals surface area contributed by atoms with E-state index in [1.165, 1.54) is 11.3 Å². The maximum atomic E-state index is 13.6. The number of nitrogens with one attached hydrogen (secondary N) is 2. The van der Waals surface area contributed by atoms with Gasteiger partial charge < -0.3 is 24.4 Å². The number of rotatable bonds is 7. The van der Waals surface area contributed by atoms with Gasteiger partial charge >= 0.3 is 6.03 Å². The Morgan fingerprint density at radius 1 is 1.23 bits per heavy atom. The second-order valence-electron chi connectivity index (χ2n) is 9.97. The highest BCUT2D eigenvalue weighted by Gasteiger charge is 2.40. The summed E-state index contributed by atoms with van der Waals surface area (Å²) >= 11 is 1.47. The summed E-state index contributed by atoms with van der Waals surface area (Å²) in [6, 6.07) is 6.49. The molecular weight excluding hydrogens is 522 g/mol. The van der Waals surface area contributed by atoms with Crippen LogP contribution in [0.2, 0.25) is 0 Å². The van der Waals surface area contributed by atoms with Gasteiger partial charge in [0.25, 0.3) is 5.91 Å². The number of urea groups is 1.